The van der Waals surface area contributed by atoms with Gasteiger partial charge in [-0.25, -0.2) is 0 Å². The van der Waals surface area contributed by atoms with Gasteiger partial charge in [-0.2, -0.15) is 0 Å². The molecule has 1 unspecified atom stereocenters. The van der Waals surface area contributed by atoms with Gasteiger partial charge in [-0.05, 0) is 143 Å². The highest BCUT2D eigenvalue weighted by atomic mass is 15.3. The molecule has 0 aliphatic rings. The Morgan fingerprint density at radius 3 is 1.32 bits per heavy atom. The quantitative estimate of drug-likeness (QED) is 0.262. The van der Waals surface area contributed by atoms with Crippen molar-refractivity contribution in [3.05, 3.63) is 91.5 Å². The van der Waals surface area contributed by atoms with Gasteiger partial charge in [0.15, 0.2) is 0 Å². The summed E-state index contributed by atoms with van der Waals surface area (Å²) >= 11 is 0. The van der Waals surface area contributed by atoms with Crippen molar-refractivity contribution in [3.8, 4) is 0 Å². The van der Waals surface area contributed by atoms with E-state index in [9.17, 15) is 0 Å². The molecule has 0 bridgehead atoms. The monoisotopic (exact) mass is 514 g/mol. The molecule has 3 aromatic carbocycles. The summed E-state index contributed by atoms with van der Waals surface area (Å²) in [6.45, 7) is 30.6. The molecule has 0 radical (unpaired) electrons. The average Bonchev–Trinajstić information content (AvgIpc) is 2.89. The van der Waals surface area contributed by atoms with Gasteiger partial charge in [-0.15, -0.1) is 0 Å². The first-order valence-electron chi connectivity index (χ1n) is 14.1. The number of rotatable bonds is 9. The summed E-state index contributed by atoms with van der Waals surface area (Å²) in [6, 6.07) is 11.0. The summed E-state index contributed by atoms with van der Waals surface area (Å²) in [5.74, 6) is 0.425. The maximum Gasteiger partial charge on any atom is 0.0903 e. The molecular formula is C36H54N2. The summed E-state index contributed by atoms with van der Waals surface area (Å²) in [6.07, 6.45) is 1.12. The predicted octanol–water partition coefficient (Wildman–Crippen LogP) is 9.89. The lowest BCUT2D eigenvalue weighted by atomic mass is 9.91. The molecule has 0 spiro atoms. The molecule has 3 aromatic rings. The van der Waals surface area contributed by atoms with Crippen molar-refractivity contribution in [2.45, 2.75) is 103 Å². The zero-order valence-electron chi connectivity index (χ0n) is 25.7. The van der Waals surface area contributed by atoms with Crippen molar-refractivity contribution in [1.29, 1.82) is 0 Å². The van der Waals surface area contributed by atoms with E-state index in [-0.39, 0.29) is 7.43 Å². The second-order valence-electron chi connectivity index (χ2n) is 11.4. The van der Waals surface area contributed by atoms with Crippen LogP contribution in [-0.4, -0.2) is 19.8 Å². The van der Waals surface area contributed by atoms with Gasteiger partial charge in [0.25, 0.3) is 0 Å². The van der Waals surface area contributed by atoms with Crippen molar-refractivity contribution in [2.75, 3.05) is 29.6 Å². The first kappa shape index (κ1) is 31.5. The first-order valence-corrected chi connectivity index (χ1v) is 14.1. The summed E-state index contributed by atoms with van der Waals surface area (Å²) in [5.41, 5.74) is 18.5. The van der Waals surface area contributed by atoms with Gasteiger partial charge >= 0.3 is 0 Å². The maximum atomic E-state index is 2.68. The zero-order chi connectivity index (χ0) is 27.6. The van der Waals surface area contributed by atoms with Crippen molar-refractivity contribution >= 4 is 11.4 Å². The third-order valence-electron chi connectivity index (χ3n) is 9.25. The number of benzene rings is 3. The molecule has 0 fully saturated rings. The minimum atomic E-state index is 0. The zero-order valence-corrected chi connectivity index (χ0v) is 25.7. The molecule has 0 saturated carbocycles. The normalized spacial score (nSPS) is 11.8. The Kier molecular flexibility index (Phi) is 10.7. The van der Waals surface area contributed by atoms with Crippen molar-refractivity contribution in [2.24, 2.45) is 0 Å². The lowest BCUT2D eigenvalue weighted by Crippen LogP contribution is -2.42. The van der Waals surface area contributed by atoms with Gasteiger partial charge in [0.1, 0.15) is 0 Å². The number of hydrogen-bond acceptors (Lipinski definition) is 2. The van der Waals surface area contributed by atoms with E-state index in [4.69, 9.17) is 0 Å². The van der Waals surface area contributed by atoms with Gasteiger partial charge in [0, 0.05) is 24.5 Å². The molecule has 0 N–H and O–H groups in total. The summed E-state index contributed by atoms with van der Waals surface area (Å²) in [4.78, 5) is 5.34. The van der Waals surface area contributed by atoms with E-state index in [1.807, 2.05) is 0 Å². The Labute approximate surface area is 235 Å². The third-order valence-corrected chi connectivity index (χ3v) is 9.25. The fourth-order valence-electron chi connectivity index (χ4n) is 6.08. The van der Waals surface area contributed by atoms with Gasteiger partial charge in [-0.1, -0.05) is 51.6 Å². The summed E-state index contributed by atoms with van der Waals surface area (Å²) in [7, 11) is 0. The van der Waals surface area contributed by atoms with E-state index >= 15 is 0 Å². The molecular weight excluding hydrogens is 460 g/mol. The van der Waals surface area contributed by atoms with Crippen molar-refractivity contribution in [3.63, 3.8) is 0 Å². The van der Waals surface area contributed by atoms with Crippen LogP contribution in [0.5, 0.6) is 0 Å². The standard InChI is InChI=1S/C35H50N2.CH4/c1-13-19-36(34-29(9)25(5)23(3)26(6)30(34)10)21-37(20-22(2)33-17-15-14-16-18-33)35-31(11)27(7)24(4)28(8)32(35)12;/h14-18,22H,13,19-21H2,1-12H3;1H4. The van der Waals surface area contributed by atoms with Crippen LogP contribution in [0, 0.1) is 69.2 Å². The fourth-order valence-corrected chi connectivity index (χ4v) is 6.08. The predicted molar refractivity (Wildman–Crippen MR) is 172 cm³/mol. The van der Waals surface area contributed by atoms with Crippen molar-refractivity contribution in [1.82, 2.24) is 0 Å². The summed E-state index contributed by atoms with van der Waals surface area (Å²) in [5, 5.41) is 0. The van der Waals surface area contributed by atoms with Crippen LogP contribution in [0.25, 0.3) is 0 Å². The molecule has 0 aromatic heterocycles. The lowest BCUT2D eigenvalue weighted by Gasteiger charge is -2.39. The van der Waals surface area contributed by atoms with Crippen LogP contribution in [0.4, 0.5) is 11.4 Å². The van der Waals surface area contributed by atoms with Crippen molar-refractivity contribution < 1.29 is 0 Å². The van der Waals surface area contributed by atoms with E-state index < -0.39 is 0 Å². The van der Waals surface area contributed by atoms with E-state index in [2.05, 4.69) is 123 Å². The first-order chi connectivity index (χ1) is 17.4. The SMILES string of the molecule is C.CCCN(CN(CC(C)c1ccccc1)c1c(C)c(C)c(C)c(C)c1C)c1c(C)c(C)c(C)c(C)c1C. The molecule has 208 valence electrons. The van der Waals surface area contributed by atoms with E-state index in [1.165, 1.54) is 72.6 Å². The van der Waals surface area contributed by atoms with Gasteiger partial charge < -0.3 is 9.80 Å². The smallest absolute Gasteiger partial charge is 0.0903 e. The van der Waals surface area contributed by atoms with Crippen LogP contribution < -0.4 is 9.80 Å². The second-order valence-corrected chi connectivity index (χ2v) is 11.4. The Balaban J connectivity index is 0.00000507. The third kappa shape index (κ3) is 5.95. The molecule has 2 nitrogen and oxygen atoms in total. The van der Waals surface area contributed by atoms with Crippen LogP contribution in [0.1, 0.15) is 94.8 Å². The van der Waals surface area contributed by atoms with E-state index in [1.54, 1.807) is 0 Å². The highest BCUT2D eigenvalue weighted by Crippen LogP contribution is 2.37. The molecule has 2 heteroatoms. The summed E-state index contributed by atoms with van der Waals surface area (Å²) < 4.78 is 0. The van der Waals surface area contributed by atoms with E-state index in [0.29, 0.717) is 5.92 Å². The van der Waals surface area contributed by atoms with Crippen LogP contribution in [0.15, 0.2) is 30.3 Å². The minimum Gasteiger partial charge on any atom is -0.353 e. The van der Waals surface area contributed by atoms with Crippen LogP contribution >= 0.6 is 0 Å². The molecule has 0 saturated heterocycles. The highest BCUT2D eigenvalue weighted by Gasteiger charge is 2.24. The minimum absolute atomic E-state index is 0. The van der Waals surface area contributed by atoms with Crippen LogP contribution in [0.3, 0.4) is 0 Å². The largest absolute Gasteiger partial charge is 0.353 e. The second kappa shape index (κ2) is 12.9. The molecule has 0 aliphatic heterocycles. The Bertz CT molecular complexity index is 1190. The van der Waals surface area contributed by atoms with E-state index in [0.717, 1.165) is 26.2 Å². The van der Waals surface area contributed by atoms with Crippen LogP contribution in [-0.2, 0) is 0 Å². The van der Waals surface area contributed by atoms with Crippen LogP contribution in [0.2, 0.25) is 0 Å². The van der Waals surface area contributed by atoms with Gasteiger partial charge in [0.2, 0.25) is 0 Å². The van der Waals surface area contributed by atoms with Gasteiger partial charge in [-0.3, -0.25) is 0 Å². The average molecular weight is 515 g/mol. The molecule has 0 heterocycles. The number of hydrogen-bond donors (Lipinski definition) is 0. The highest BCUT2D eigenvalue weighted by molar-refractivity contribution is 5.70. The molecule has 3 rings (SSSR count). The van der Waals surface area contributed by atoms with Gasteiger partial charge in [0.05, 0.1) is 6.67 Å². The fraction of sp³-hybridized carbons (Fsp3) is 0.500. The Morgan fingerprint density at radius 2 is 0.921 bits per heavy atom. The Morgan fingerprint density at radius 1 is 0.553 bits per heavy atom. The molecule has 38 heavy (non-hydrogen) atoms. The lowest BCUT2D eigenvalue weighted by molar-refractivity contribution is 0.650. The maximum absolute atomic E-state index is 2.68. The molecule has 0 amide bonds. The molecule has 0 aliphatic carbocycles. The molecule has 1 atom stereocenters. The topological polar surface area (TPSA) is 6.48 Å². The number of anilines is 2. The Hall–Kier alpha value is -2.74. The number of nitrogens with zero attached hydrogens (tertiary/aromatic N) is 2.